The third-order valence-corrected chi connectivity index (χ3v) is 3.22. The summed E-state index contributed by atoms with van der Waals surface area (Å²) in [6.07, 6.45) is -1.63. The van der Waals surface area contributed by atoms with Gasteiger partial charge in [-0.3, -0.25) is 4.98 Å². The summed E-state index contributed by atoms with van der Waals surface area (Å²) in [5.74, 6) is -2.31. The number of aromatic amines is 2. The molecular formula is C13H9F3N5O+. The first-order valence-electron chi connectivity index (χ1n) is 6.11. The highest BCUT2D eigenvalue weighted by Crippen LogP contribution is 2.40. The van der Waals surface area contributed by atoms with Crippen LogP contribution in [0, 0.1) is 11.3 Å². The summed E-state index contributed by atoms with van der Waals surface area (Å²) in [6.45, 7) is 0. The van der Waals surface area contributed by atoms with Gasteiger partial charge in [0.1, 0.15) is 11.6 Å². The molecule has 0 radical (unpaired) electrons. The van der Waals surface area contributed by atoms with Crippen LogP contribution < -0.4 is 15.5 Å². The van der Waals surface area contributed by atoms with Crippen LogP contribution in [0.4, 0.5) is 13.2 Å². The van der Waals surface area contributed by atoms with Gasteiger partial charge in [-0.25, -0.2) is 9.97 Å². The summed E-state index contributed by atoms with van der Waals surface area (Å²) in [5, 5.41) is 9.25. The zero-order valence-corrected chi connectivity index (χ0v) is 10.9. The fourth-order valence-corrected chi connectivity index (χ4v) is 2.28. The number of rotatable bonds is 1. The Labute approximate surface area is 122 Å². The number of alkyl halides is 3. The van der Waals surface area contributed by atoms with Crippen LogP contribution in [-0.2, 0) is 6.18 Å². The van der Waals surface area contributed by atoms with Crippen LogP contribution >= 0.6 is 0 Å². The second-order valence-electron chi connectivity index (χ2n) is 4.58. The summed E-state index contributed by atoms with van der Waals surface area (Å²) in [6, 6.07) is 5.14. The largest absolute Gasteiger partial charge is 0.494 e. The summed E-state index contributed by atoms with van der Waals surface area (Å²) in [4.78, 5) is 8.26. The second-order valence-corrected chi connectivity index (χ2v) is 4.58. The van der Waals surface area contributed by atoms with Gasteiger partial charge >= 0.3 is 17.9 Å². The van der Waals surface area contributed by atoms with E-state index in [0.717, 1.165) is 0 Å². The maximum Gasteiger partial charge on any atom is 0.494 e. The van der Waals surface area contributed by atoms with Crippen molar-refractivity contribution < 1.29 is 22.9 Å². The molecular weight excluding hydrogens is 299 g/mol. The molecule has 0 bridgehead atoms. The van der Waals surface area contributed by atoms with Crippen molar-refractivity contribution in [1.29, 1.82) is 5.26 Å². The van der Waals surface area contributed by atoms with Crippen LogP contribution in [0.2, 0.25) is 0 Å². The van der Waals surface area contributed by atoms with Gasteiger partial charge < -0.3 is 10.5 Å². The van der Waals surface area contributed by atoms with Crippen molar-refractivity contribution in [1.82, 2.24) is 9.97 Å². The Balaban J connectivity index is 2.19. The lowest BCUT2D eigenvalue weighted by molar-refractivity contribution is -0.435. The molecule has 2 aromatic heterocycles. The molecule has 1 atom stereocenters. The molecule has 0 aliphatic carbocycles. The van der Waals surface area contributed by atoms with Crippen LogP contribution in [0.25, 0.3) is 0 Å². The molecule has 4 N–H and O–H groups in total. The van der Waals surface area contributed by atoms with Gasteiger partial charge in [-0.05, 0) is 11.6 Å². The maximum atomic E-state index is 12.8. The average molecular weight is 308 g/mol. The van der Waals surface area contributed by atoms with Crippen molar-refractivity contribution in [3.8, 4) is 11.9 Å². The zero-order valence-electron chi connectivity index (χ0n) is 10.9. The minimum atomic E-state index is -4.61. The number of allylic oxidation sites excluding steroid dienone is 1. The van der Waals surface area contributed by atoms with E-state index in [1.807, 2.05) is 6.07 Å². The van der Waals surface area contributed by atoms with Crippen LogP contribution in [0.3, 0.4) is 0 Å². The number of hydrogen-bond acceptors (Lipinski definition) is 4. The Bertz CT molecular complexity index is 788. The Hall–Kier alpha value is -3.02. The van der Waals surface area contributed by atoms with Gasteiger partial charge in [0.15, 0.2) is 0 Å². The number of nitrogens with two attached hydrogens (primary N) is 1. The van der Waals surface area contributed by atoms with Crippen molar-refractivity contribution >= 4 is 0 Å². The highest BCUT2D eigenvalue weighted by atomic mass is 19.4. The first kappa shape index (κ1) is 13.9. The lowest BCUT2D eigenvalue weighted by Crippen LogP contribution is -2.24. The Morgan fingerprint density at radius 3 is 2.82 bits per heavy atom. The van der Waals surface area contributed by atoms with Gasteiger partial charge in [-0.1, -0.05) is 6.07 Å². The summed E-state index contributed by atoms with van der Waals surface area (Å²) < 4.78 is 43.6. The lowest BCUT2D eigenvalue weighted by atomic mass is 9.89. The van der Waals surface area contributed by atoms with Crippen molar-refractivity contribution in [3.05, 3.63) is 53.1 Å². The van der Waals surface area contributed by atoms with Crippen LogP contribution in [0.5, 0.6) is 5.88 Å². The number of fused-ring (bicyclic) bond motifs is 1. The molecule has 1 unspecified atom stereocenters. The van der Waals surface area contributed by atoms with Gasteiger partial charge in [-0.15, -0.1) is 0 Å². The van der Waals surface area contributed by atoms with Crippen LogP contribution in [0.15, 0.2) is 36.0 Å². The zero-order chi connectivity index (χ0) is 15.9. The van der Waals surface area contributed by atoms with E-state index in [-0.39, 0.29) is 23.0 Å². The molecule has 6 nitrogen and oxygen atoms in total. The fraction of sp³-hybridized carbons (Fsp3) is 0.154. The van der Waals surface area contributed by atoms with E-state index in [4.69, 9.17) is 10.5 Å². The number of ether oxygens (including phenoxy) is 1. The lowest BCUT2D eigenvalue weighted by Gasteiger charge is -2.19. The molecule has 9 heteroatoms. The van der Waals surface area contributed by atoms with Crippen molar-refractivity contribution in [2.45, 2.75) is 12.1 Å². The molecule has 0 aromatic carbocycles. The van der Waals surface area contributed by atoms with Gasteiger partial charge in [0.05, 0.1) is 5.92 Å². The number of imidazole rings is 1. The van der Waals surface area contributed by atoms with Gasteiger partial charge in [-0.2, -0.15) is 18.4 Å². The van der Waals surface area contributed by atoms with Gasteiger partial charge in [0.2, 0.25) is 11.6 Å². The maximum absolute atomic E-state index is 12.8. The first-order chi connectivity index (χ1) is 10.4. The van der Waals surface area contributed by atoms with Crippen molar-refractivity contribution in [2.75, 3.05) is 0 Å². The highest BCUT2D eigenvalue weighted by Gasteiger charge is 2.46. The number of hydrogen-bond donors (Lipinski definition) is 2. The number of nitrogens with zero attached hydrogens (tertiary/aromatic N) is 2. The topological polar surface area (TPSA) is 102 Å². The molecule has 0 amide bonds. The van der Waals surface area contributed by atoms with Gasteiger partial charge in [0.25, 0.3) is 0 Å². The third kappa shape index (κ3) is 2.14. The predicted octanol–water partition coefficient (Wildman–Crippen LogP) is 1.46. The number of pyridine rings is 1. The molecule has 112 valence electrons. The first-order valence-corrected chi connectivity index (χ1v) is 6.11. The van der Waals surface area contributed by atoms with Crippen LogP contribution in [-0.4, -0.2) is 9.97 Å². The normalized spacial score (nSPS) is 17.6. The molecule has 1 aliphatic rings. The van der Waals surface area contributed by atoms with E-state index in [1.54, 1.807) is 12.1 Å². The monoisotopic (exact) mass is 308 g/mol. The Morgan fingerprint density at radius 2 is 2.23 bits per heavy atom. The van der Waals surface area contributed by atoms with E-state index in [2.05, 4.69) is 15.0 Å². The summed E-state index contributed by atoms with van der Waals surface area (Å²) in [7, 11) is 0. The smallest absolute Gasteiger partial charge is 0.403 e. The molecule has 3 rings (SSSR count). The van der Waals surface area contributed by atoms with E-state index in [1.165, 1.54) is 12.4 Å². The number of halogens is 3. The number of aromatic nitrogens is 3. The van der Waals surface area contributed by atoms with E-state index in [9.17, 15) is 18.4 Å². The standard InChI is InChI=1S/C13H8F3N5O/c14-13(15,16)12-20-9-8(6-2-1-3-19-5-6)7(4-17)10(18)22-11(9)21-12/h1-3,5,8H,18H2,(H,20,21)/p+1. The van der Waals surface area contributed by atoms with Gasteiger partial charge in [0, 0.05) is 12.4 Å². The molecule has 0 spiro atoms. The fourth-order valence-electron chi connectivity index (χ4n) is 2.28. The molecule has 0 saturated carbocycles. The minimum Gasteiger partial charge on any atom is -0.403 e. The summed E-state index contributed by atoms with van der Waals surface area (Å²) >= 11 is 0. The summed E-state index contributed by atoms with van der Waals surface area (Å²) in [5.41, 5.74) is 6.27. The highest BCUT2D eigenvalue weighted by molar-refractivity contribution is 5.49. The Kier molecular flexibility index (Phi) is 3.02. The average Bonchev–Trinajstić information content (AvgIpc) is 2.90. The molecule has 0 fully saturated rings. The van der Waals surface area contributed by atoms with E-state index in [0.29, 0.717) is 5.56 Å². The SMILES string of the molecule is N#CC1=C(N)Oc2[nH+]c(C(F)(F)F)[nH]c2C1c1cccnc1. The molecule has 2 aromatic rings. The number of H-pyrrole nitrogens is 2. The Morgan fingerprint density at radius 1 is 1.45 bits per heavy atom. The second kappa shape index (κ2) is 4.77. The van der Waals surface area contributed by atoms with E-state index < -0.39 is 17.9 Å². The predicted molar refractivity (Wildman–Crippen MR) is 65.9 cm³/mol. The third-order valence-electron chi connectivity index (χ3n) is 3.22. The van der Waals surface area contributed by atoms with Crippen LogP contribution in [0.1, 0.15) is 23.0 Å². The molecule has 3 heterocycles. The minimum absolute atomic E-state index is 0.0180. The number of nitriles is 1. The van der Waals surface area contributed by atoms with Crippen molar-refractivity contribution in [3.63, 3.8) is 0 Å². The number of nitrogens with one attached hydrogen (secondary N) is 2. The van der Waals surface area contributed by atoms with Crippen molar-refractivity contribution in [2.24, 2.45) is 5.73 Å². The van der Waals surface area contributed by atoms with E-state index >= 15 is 0 Å². The molecule has 0 saturated heterocycles. The quantitative estimate of drug-likeness (QED) is 0.832. The molecule has 1 aliphatic heterocycles. The molecule has 22 heavy (non-hydrogen) atoms.